The second-order valence-electron chi connectivity index (χ2n) is 6.26. The topological polar surface area (TPSA) is 46.8 Å². The third kappa shape index (κ3) is 3.58. The molecule has 0 amide bonds. The van der Waals surface area contributed by atoms with Crippen molar-refractivity contribution in [3.05, 3.63) is 71.3 Å². The molecule has 0 aliphatic carbocycles. The van der Waals surface area contributed by atoms with Crippen molar-refractivity contribution in [3.8, 4) is 5.69 Å². The molecule has 0 aliphatic rings. The van der Waals surface area contributed by atoms with E-state index in [0.29, 0.717) is 0 Å². The number of benzene rings is 1. The van der Waals surface area contributed by atoms with Crippen molar-refractivity contribution < 1.29 is 4.39 Å². The summed E-state index contributed by atoms with van der Waals surface area (Å²) in [7, 11) is 2.07. The molecule has 2 aromatic heterocycles. The maximum Gasteiger partial charge on any atom is 0.123 e. The second kappa shape index (κ2) is 7.11. The predicted molar refractivity (Wildman–Crippen MR) is 94.9 cm³/mol. The van der Waals surface area contributed by atoms with E-state index in [9.17, 15) is 4.39 Å². The smallest absolute Gasteiger partial charge is 0.123 e. The van der Waals surface area contributed by atoms with Gasteiger partial charge >= 0.3 is 0 Å². The van der Waals surface area contributed by atoms with Crippen LogP contribution in [0.25, 0.3) is 5.69 Å². The monoisotopic (exact) mass is 339 g/mol. The van der Waals surface area contributed by atoms with E-state index in [-0.39, 0.29) is 11.9 Å². The highest BCUT2D eigenvalue weighted by Crippen LogP contribution is 2.23. The van der Waals surface area contributed by atoms with Crippen LogP contribution in [-0.2, 0) is 6.54 Å². The van der Waals surface area contributed by atoms with Gasteiger partial charge in [0.2, 0.25) is 0 Å². The Morgan fingerprint density at radius 1 is 1.16 bits per heavy atom. The summed E-state index contributed by atoms with van der Waals surface area (Å²) in [4.78, 5) is 10.5. The lowest BCUT2D eigenvalue weighted by Crippen LogP contribution is -2.23. The average molecular weight is 339 g/mol. The molecule has 0 spiro atoms. The standard InChI is InChI=1S/C19H22FN5/c1-13-18(11-24(4)15(3)19-9-10-21-12-22-19)14(2)25(23-13)17-7-5-16(20)6-8-17/h5-10,12,15H,11H2,1-4H3. The first-order valence-electron chi connectivity index (χ1n) is 8.24. The molecular formula is C19H22FN5. The predicted octanol–water partition coefficient (Wildman–Crippen LogP) is 3.61. The fraction of sp³-hybridized carbons (Fsp3) is 0.316. The largest absolute Gasteiger partial charge is 0.294 e. The molecule has 1 unspecified atom stereocenters. The molecule has 0 fully saturated rings. The van der Waals surface area contributed by atoms with Crippen LogP contribution < -0.4 is 0 Å². The first-order valence-corrected chi connectivity index (χ1v) is 8.24. The van der Waals surface area contributed by atoms with E-state index in [2.05, 4.69) is 33.9 Å². The fourth-order valence-electron chi connectivity index (χ4n) is 2.90. The molecule has 0 aliphatic heterocycles. The van der Waals surface area contributed by atoms with E-state index in [1.54, 1.807) is 24.7 Å². The minimum atomic E-state index is -0.246. The average Bonchev–Trinajstić information content (AvgIpc) is 2.90. The first-order chi connectivity index (χ1) is 12.0. The molecule has 1 aromatic carbocycles. The van der Waals surface area contributed by atoms with E-state index in [1.807, 2.05) is 24.6 Å². The zero-order valence-electron chi connectivity index (χ0n) is 14.9. The van der Waals surface area contributed by atoms with Crippen LogP contribution in [0.15, 0.2) is 42.9 Å². The zero-order chi connectivity index (χ0) is 18.0. The van der Waals surface area contributed by atoms with Gasteiger partial charge in [0.25, 0.3) is 0 Å². The van der Waals surface area contributed by atoms with Gasteiger partial charge in [-0.3, -0.25) is 4.90 Å². The van der Waals surface area contributed by atoms with Crippen LogP contribution in [0.4, 0.5) is 4.39 Å². The van der Waals surface area contributed by atoms with Crippen molar-refractivity contribution in [2.45, 2.75) is 33.4 Å². The number of hydrogen-bond donors (Lipinski definition) is 0. The van der Waals surface area contributed by atoms with Crippen LogP contribution >= 0.6 is 0 Å². The number of nitrogens with zero attached hydrogens (tertiary/aromatic N) is 5. The number of aromatic nitrogens is 4. The van der Waals surface area contributed by atoms with Gasteiger partial charge in [0.15, 0.2) is 0 Å². The van der Waals surface area contributed by atoms with E-state index < -0.39 is 0 Å². The third-order valence-corrected chi connectivity index (χ3v) is 4.61. The molecule has 25 heavy (non-hydrogen) atoms. The minimum absolute atomic E-state index is 0.163. The van der Waals surface area contributed by atoms with Crippen LogP contribution in [0.5, 0.6) is 0 Å². The molecule has 0 saturated heterocycles. The summed E-state index contributed by atoms with van der Waals surface area (Å²) in [5.74, 6) is -0.246. The maximum atomic E-state index is 13.2. The SMILES string of the molecule is Cc1nn(-c2ccc(F)cc2)c(C)c1CN(C)C(C)c1ccncn1. The summed E-state index contributed by atoms with van der Waals surface area (Å²) in [5, 5.41) is 4.64. The van der Waals surface area contributed by atoms with Crippen LogP contribution in [0.2, 0.25) is 0 Å². The summed E-state index contributed by atoms with van der Waals surface area (Å²) in [6, 6.07) is 8.49. The van der Waals surface area contributed by atoms with Gasteiger partial charge in [-0.25, -0.2) is 19.0 Å². The van der Waals surface area contributed by atoms with Gasteiger partial charge in [0.1, 0.15) is 12.1 Å². The summed E-state index contributed by atoms with van der Waals surface area (Å²) in [5.41, 5.74) is 5.06. The Labute approximate surface area is 147 Å². The fourth-order valence-corrected chi connectivity index (χ4v) is 2.90. The normalized spacial score (nSPS) is 12.6. The Kier molecular flexibility index (Phi) is 4.90. The number of hydrogen-bond acceptors (Lipinski definition) is 4. The molecule has 0 N–H and O–H groups in total. The second-order valence-corrected chi connectivity index (χ2v) is 6.26. The van der Waals surface area contributed by atoms with E-state index in [1.165, 1.54) is 17.7 Å². The highest BCUT2D eigenvalue weighted by atomic mass is 19.1. The highest BCUT2D eigenvalue weighted by Gasteiger charge is 2.18. The van der Waals surface area contributed by atoms with Gasteiger partial charge in [0.05, 0.1) is 17.1 Å². The molecule has 1 atom stereocenters. The molecule has 5 nitrogen and oxygen atoms in total. The van der Waals surface area contributed by atoms with Gasteiger partial charge in [-0.05, 0) is 58.2 Å². The lowest BCUT2D eigenvalue weighted by Gasteiger charge is -2.24. The third-order valence-electron chi connectivity index (χ3n) is 4.61. The molecule has 3 aromatic rings. The lowest BCUT2D eigenvalue weighted by atomic mass is 10.1. The van der Waals surface area contributed by atoms with Crippen molar-refractivity contribution in [2.75, 3.05) is 7.05 Å². The van der Waals surface area contributed by atoms with Crippen LogP contribution in [0.1, 0.15) is 35.6 Å². The van der Waals surface area contributed by atoms with E-state index in [0.717, 1.165) is 29.3 Å². The zero-order valence-corrected chi connectivity index (χ0v) is 14.9. The molecule has 0 saturated carbocycles. The summed E-state index contributed by atoms with van der Waals surface area (Å²) < 4.78 is 15.0. The van der Waals surface area contributed by atoms with Crippen LogP contribution in [-0.4, -0.2) is 31.7 Å². The van der Waals surface area contributed by atoms with E-state index in [4.69, 9.17) is 0 Å². The summed E-state index contributed by atoms with van der Waals surface area (Å²) >= 11 is 0. The Balaban J connectivity index is 1.84. The Hall–Kier alpha value is -2.60. The summed E-state index contributed by atoms with van der Waals surface area (Å²) in [6.45, 7) is 6.93. The van der Waals surface area contributed by atoms with Gasteiger partial charge in [0, 0.05) is 30.0 Å². The van der Waals surface area contributed by atoms with Gasteiger partial charge in [-0.1, -0.05) is 0 Å². The molecule has 130 valence electrons. The van der Waals surface area contributed by atoms with Gasteiger partial charge in [-0.2, -0.15) is 5.10 Å². The number of aryl methyl sites for hydroxylation is 1. The highest BCUT2D eigenvalue weighted by molar-refractivity contribution is 5.37. The van der Waals surface area contributed by atoms with E-state index >= 15 is 0 Å². The van der Waals surface area contributed by atoms with Crippen molar-refractivity contribution >= 4 is 0 Å². The maximum absolute atomic E-state index is 13.2. The Morgan fingerprint density at radius 2 is 1.88 bits per heavy atom. The Morgan fingerprint density at radius 3 is 2.52 bits per heavy atom. The van der Waals surface area contributed by atoms with Crippen LogP contribution in [0, 0.1) is 19.7 Å². The molecule has 6 heteroatoms. The molecule has 0 bridgehead atoms. The van der Waals surface area contributed by atoms with Crippen molar-refractivity contribution in [3.63, 3.8) is 0 Å². The van der Waals surface area contributed by atoms with Gasteiger partial charge in [-0.15, -0.1) is 0 Å². The summed E-state index contributed by atoms with van der Waals surface area (Å²) in [6.07, 6.45) is 3.33. The number of rotatable bonds is 5. The van der Waals surface area contributed by atoms with Crippen molar-refractivity contribution in [1.82, 2.24) is 24.6 Å². The minimum Gasteiger partial charge on any atom is -0.294 e. The molecular weight excluding hydrogens is 317 g/mol. The van der Waals surface area contributed by atoms with Crippen molar-refractivity contribution in [2.24, 2.45) is 0 Å². The van der Waals surface area contributed by atoms with Crippen molar-refractivity contribution in [1.29, 1.82) is 0 Å². The number of halogens is 1. The molecule has 3 rings (SSSR count). The van der Waals surface area contributed by atoms with Gasteiger partial charge < -0.3 is 0 Å². The van der Waals surface area contributed by atoms with Crippen LogP contribution in [0.3, 0.4) is 0 Å². The lowest BCUT2D eigenvalue weighted by molar-refractivity contribution is 0.247. The molecule has 0 radical (unpaired) electrons. The Bertz CT molecular complexity index is 842. The molecule has 2 heterocycles. The first kappa shape index (κ1) is 17.2. The quantitative estimate of drug-likeness (QED) is 0.712.